The Morgan fingerprint density at radius 3 is 2.43 bits per heavy atom. The number of rotatable bonds is 8. The lowest BCUT2D eigenvalue weighted by Gasteiger charge is -2.33. The summed E-state index contributed by atoms with van der Waals surface area (Å²) in [7, 11) is 0. The maximum Gasteiger partial charge on any atom is 0.327 e. The highest BCUT2D eigenvalue weighted by molar-refractivity contribution is 6.24. The van der Waals surface area contributed by atoms with Crippen molar-refractivity contribution in [1.29, 1.82) is 0 Å². The number of imide groups is 1. The number of carbonyl (C=O) groups is 4. The number of unbranched alkanes of at least 4 members (excludes halogenated alkanes) is 1. The zero-order valence-electron chi connectivity index (χ0n) is 20.0. The number of ketones is 1. The van der Waals surface area contributed by atoms with Crippen LogP contribution in [0.4, 0.5) is 10.1 Å². The van der Waals surface area contributed by atoms with Gasteiger partial charge < -0.3 is 4.74 Å². The molecule has 4 rings (SSSR count). The molecule has 8 heteroatoms. The van der Waals surface area contributed by atoms with Gasteiger partial charge in [-0.25, -0.2) is 9.29 Å². The van der Waals surface area contributed by atoms with Crippen molar-refractivity contribution >= 4 is 29.3 Å². The second-order valence-electron chi connectivity index (χ2n) is 9.09. The number of halogens is 1. The standard InChI is InChI=1S/C27H29FN2O5/c1-4-6-14-27(26(34)35-5-2)22-21(23(29-27)17-10-12-19(28)13-11-17)24(32)30(25(22)33)20-9-7-8-18(15-20)16(3)31/h7-13,15,21-23,29H,4-6,14H2,1-3H3/t21-,22+,23-,27+/m0/s1. The Kier molecular flexibility index (Phi) is 6.85. The lowest BCUT2D eigenvalue weighted by Crippen LogP contribution is -2.56. The van der Waals surface area contributed by atoms with Gasteiger partial charge in [-0.3, -0.25) is 24.5 Å². The van der Waals surface area contributed by atoms with Crippen molar-refractivity contribution in [2.24, 2.45) is 11.8 Å². The molecule has 1 N–H and O–H groups in total. The number of esters is 1. The van der Waals surface area contributed by atoms with E-state index in [-0.39, 0.29) is 18.1 Å². The van der Waals surface area contributed by atoms with Gasteiger partial charge in [0.1, 0.15) is 11.4 Å². The molecule has 0 unspecified atom stereocenters. The first-order valence-corrected chi connectivity index (χ1v) is 11.9. The first-order valence-electron chi connectivity index (χ1n) is 11.9. The number of carbonyl (C=O) groups excluding carboxylic acids is 4. The number of Topliss-reactive ketones (excluding diaryl/α,β-unsaturated/α-hetero) is 1. The third kappa shape index (κ3) is 4.16. The van der Waals surface area contributed by atoms with Crippen LogP contribution in [0.2, 0.25) is 0 Å². The number of nitrogens with one attached hydrogen (secondary N) is 1. The van der Waals surface area contributed by atoms with Crippen LogP contribution in [0.1, 0.15) is 62.0 Å². The smallest absolute Gasteiger partial charge is 0.327 e. The maximum atomic E-state index is 13.9. The summed E-state index contributed by atoms with van der Waals surface area (Å²) in [6.07, 6.45) is 1.71. The largest absolute Gasteiger partial charge is 0.465 e. The van der Waals surface area contributed by atoms with E-state index >= 15 is 0 Å². The number of fused-ring (bicyclic) bond motifs is 1. The van der Waals surface area contributed by atoms with E-state index in [0.717, 1.165) is 11.3 Å². The zero-order chi connectivity index (χ0) is 25.3. The van der Waals surface area contributed by atoms with E-state index in [1.165, 1.54) is 25.1 Å². The number of hydrogen-bond donors (Lipinski definition) is 1. The molecule has 0 aliphatic carbocycles. The molecule has 2 aliphatic heterocycles. The number of anilines is 1. The van der Waals surface area contributed by atoms with Crippen LogP contribution in [0.3, 0.4) is 0 Å². The van der Waals surface area contributed by atoms with Crippen LogP contribution in [-0.4, -0.2) is 35.7 Å². The Hall–Kier alpha value is -3.39. The van der Waals surface area contributed by atoms with Crippen molar-refractivity contribution in [3.05, 3.63) is 65.5 Å². The van der Waals surface area contributed by atoms with Gasteiger partial charge in [-0.15, -0.1) is 0 Å². The average Bonchev–Trinajstić information content (AvgIpc) is 3.32. The highest BCUT2D eigenvalue weighted by Gasteiger charge is 2.68. The third-order valence-electron chi connectivity index (χ3n) is 6.96. The SMILES string of the molecule is CCCC[C@@]1(C(=O)OCC)N[C@@H](c2ccc(F)cc2)[C@H]2C(=O)N(c3cccc(C(C)=O)c3)C(=O)[C@@H]21. The highest BCUT2D eigenvalue weighted by atomic mass is 19.1. The lowest BCUT2D eigenvalue weighted by molar-refractivity contribution is -0.155. The van der Waals surface area contributed by atoms with Crippen LogP contribution in [0, 0.1) is 17.7 Å². The monoisotopic (exact) mass is 480 g/mol. The first kappa shape index (κ1) is 24.7. The number of nitrogens with zero attached hydrogens (tertiary/aromatic N) is 1. The highest BCUT2D eigenvalue weighted by Crippen LogP contribution is 2.51. The molecule has 35 heavy (non-hydrogen) atoms. The second-order valence-corrected chi connectivity index (χ2v) is 9.09. The fraction of sp³-hybridized carbons (Fsp3) is 0.407. The predicted octanol–water partition coefficient (Wildman–Crippen LogP) is 3.97. The molecular formula is C27H29FN2O5. The van der Waals surface area contributed by atoms with Crippen LogP contribution in [0.15, 0.2) is 48.5 Å². The molecule has 2 aromatic carbocycles. The van der Waals surface area contributed by atoms with E-state index in [4.69, 9.17) is 4.74 Å². The van der Waals surface area contributed by atoms with Crippen molar-refractivity contribution in [3.63, 3.8) is 0 Å². The second kappa shape index (κ2) is 9.70. The summed E-state index contributed by atoms with van der Waals surface area (Å²) in [4.78, 5) is 54.2. The molecule has 0 aromatic heterocycles. The Balaban J connectivity index is 1.86. The predicted molar refractivity (Wildman–Crippen MR) is 127 cm³/mol. The van der Waals surface area contributed by atoms with Crippen LogP contribution in [-0.2, 0) is 19.1 Å². The molecule has 184 valence electrons. The molecule has 0 spiro atoms. The van der Waals surface area contributed by atoms with Crippen molar-refractivity contribution in [1.82, 2.24) is 5.32 Å². The van der Waals surface area contributed by atoms with Gasteiger partial charge in [0.25, 0.3) is 0 Å². The van der Waals surface area contributed by atoms with E-state index in [9.17, 15) is 23.6 Å². The fourth-order valence-corrected chi connectivity index (χ4v) is 5.31. The van der Waals surface area contributed by atoms with Gasteiger partial charge >= 0.3 is 5.97 Å². The van der Waals surface area contributed by atoms with Gasteiger partial charge in [0.2, 0.25) is 11.8 Å². The fourth-order valence-electron chi connectivity index (χ4n) is 5.31. The van der Waals surface area contributed by atoms with Crippen molar-refractivity contribution < 1.29 is 28.3 Å². The minimum absolute atomic E-state index is 0.125. The number of amides is 2. The molecular weight excluding hydrogens is 451 g/mol. The molecule has 2 heterocycles. The minimum Gasteiger partial charge on any atom is -0.465 e. The van der Waals surface area contributed by atoms with Gasteiger partial charge in [0.15, 0.2) is 5.78 Å². The summed E-state index contributed by atoms with van der Waals surface area (Å²) in [6, 6.07) is 11.3. The van der Waals surface area contributed by atoms with Crippen LogP contribution in [0.5, 0.6) is 0 Å². The zero-order valence-corrected chi connectivity index (χ0v) is 20.0. The molecule has 2 aromatic rings. The van der Waals surface area contributed by atoms with Crippen molar-refractivity contribution in [2.45, 2.75) is 51.6 Å². The molecule has 4 atom stereocenters. The first-order chi connectivity index (χ1) is 16.7. The lowest BCUT2D eigenvalue weighted by atomic mass is 9.76. The van der Waals surface area contributed by atoms with Gasteiger partial charge in [-0.1, -0.05) is 44.0 Å². The maximum absolute atomic E-state index is 13.9. The molecule has 0 bridgehead atoms. The molecule has 2 aliphatic rings. The Labute approximate surface area is 203 Å². The van der Waals surface area contributed by atoms with Crippen LogP contribution < -0.4 is 10.2 Å². The normalized spacial score (nSPS) is 25.6. The number of benzene rings is 2. The van der Waals surface area contributed by atoms with Gasteiger partial charge in [0.05, 0.1) is 24.1 Å². The molecule has 0 saturated carbocycles. The quantitative estimate of drug-likeness (QED) is 0.349. The molecule has 2 saturated heterocycles. The van der Waals surface area contributed by atoms with E-state index in [0.29, 0.717) is 24.0 Å². The third-order valence-corrected chi connectivity index (χ3v) is 6.96. The summed E-state index contributed by atoms with van der Waals surface area (Å²) in [6.45, 7) is 5.20. The average molecular weight is 481 g/mol. The van der Waals surface area contributed by atoms with Crippen LogP contribution >= 0.6 is 0 Å². The van der Waals surface area contributed by atoms with Crippen molar-refractivity contribution in [3.8, 4) is 0 Å². The number of ether oxygens (including phenoxy) is 1. The molecule has 0 radical (unpaired) electrons. The van der Waals surface area contributed by atoms with E-state index < -0.39 is 47.0 Å². The Morgan fingerprint density at radius 2 is 1.80 bits per heavy atom. The topological polar surface area (TPSA) is 92.8 Å². The van der Waals surface area contributed by atoms with Gasteiger partial charge in [0, 0.05) is 11.6 Å². The van der Waals surface area contributed by atoms with Crippen molar-refractivity contribution in [2.75, 3.05) is 11.5 Å². The van der Waals surface area contributed by atoms with E-state index in [1.807, 2.05) is 6.92 Å². The van der Waals surface area contributed by atoms with Gasteiger partial charge in [-0.2, -0.15) is 0 Å². The summed E-state index contributed by atoms with van der Waals surface area (Å²) < 4.78 is 19.1. The Morgan fingerprint density at radius 1 is 1.09 bits per heavy atom. The molecule has 2 amide bonds. The van der Waals surface area contributed by atoms with Crippen LogP contribution in [0.25, 0.3) is 0 Å². The summed E-state index contributed by atoms with van der Waals surface area (Å²) in [5.74, 6) is -4.07. The Bertz CT molecular complexity index is 1160. The van der Waals surface area contributed by atoms with Gasteiger partial charge in [-0.05, 0) is 50.1 Å². The number of hydrogen-bond acceptors (Lipinski definition) is 6. The molecule has 7 nitrogen and oxygen atoms in total. The molecule has 2 fully saturated rings. The van der Waals surface area contributed by atoms with E-state index in [2.05, 4.69) is 5.32 Å². The minimum atomic E-state index is -1.41. The summed E-state index contributed by atoms with van der Waals surface area (Å²) in [5, 5.41) is 3.30. The van der Waals surface area contributed by atoms with E-state index in [1.54, 1.807) is 37.3 Å². The summed E-state index contributed by atoms with van der Waals surface area (Å²) >= 11 is 0. The summed E-state index contributed by atoms with van der Waals surface area (Å²) in [5.41, 5.74) is -0.149.